The molecule has 0 fully saturated rings. The second-order valence-corrected chi connectivity index (χ2v) is 5.67. The largest absolute Gasteiger partial charge is 0.319 e. The molecule has 0 radical (unpaired) electrons. The van der Waals surface area contributed by atoms with Gasteiger partial charge in [-0.2, -0.15) is 10.1 Å². The van der Waals surface area contributed by atoms with Crippen LogP contribution in [0.5, 0.6) is 0 Å². The van der Waals surface area contributed by atoms with Crippen LogP contribution in [0.15, 0.2) is 35.5 Å². The maximum absolute atomic E-state index is 12.2. The first kappa shape index (κ1) is 12.8. The van der Waals surface area contributed by atoms with Gasteiger partial charge in [-0.05, 0) is 19.1 Å². The van der Waals surface area contributed by atoms with Crippen LogP contribution in [0.4, 0.5) is 0 Å². The Morgan fingerprint density at radius 1 is 1.30 bits per heavy atom. The second-order valence-electron chi connectivity index (χ2n) is 4.66. The van der Waals surface area contributed by atoms with Crippen LogP contribution in [-0.4, -0.2) is 20.3 Å². The molecule has 1 aromatic carbocycles. The number of para-hydroxylation sites is 1. The zero-order chi connectivity index (χ0) is 14.3. The van der Waals surface area contributed by atoms with Gasteiger partial charge in [0.15, 0.2) is 10.5 Å². The number of fused-ring (bicyclic) bond motifs is 1. The van der Waals surface area contributed by atoms with Crippen LogP contribution in [0.3, 0.4) is 0 Å². The van der Waals surface area contributed by atoms with Gasteiger partial charge in [-0.15, -0.1) is 0 Å². The maximum atomic E-state index is 12.2. The third-order valence-corrected chi connectivity index (χ3v) is 4.24. The normalized spacial score (nSPS) is 12.2. The Balaban J connectivity index is 2.13. The fourth-order valence-electron chi connectivity index (χ4n) is 2.15. The Labute approximate surface area is 119 Å². The highest BCUT2D eigenvalue weighted by atomic mass is 32.1. The van der Waals surface area contributed by atoms with Gasteiger partial charge >= 0.3 is 0 Å². The smallest absolute Gasteiger partial charge is 0.300 e. The Morgan fingerprint density at radius 3 is 2.70 bits per heavy atom. The van der Waals surface area contributed by atoms with Crippen LogP contribution in [0, 0.1) is 6.92 Å². The zero-order valence-electron chi connectivity index (χ0n) is 11.5. The maximum Gasteiger partial charge on any atom is 0.300 e. The van der Waals surface area contributed by atoms with E-state index in [4.69, 9.17) is 0 Å². The van der Waals surface area contributed by atoms with Gasteiger partial charge < -0.3 is 4.57 Å². The van der Waals surface area contributed by atoms with Crippen LogP contribution in [0.1, 0.15) is 16.1 Å². The SMILES string of the molecule is Cc1cn(C)nc1C(=O)N=c1sc2ccccc2n1C. The highest BCUT2D eigenvalue weighted by molar-refractivity contribution is 7.16. The molecule has 0 saturated heterocycles. The molecule has 0 aliphatic heterocycles. The molecule has 0 N–H and O–H groups in total. The summed E-state index contributed by atoms with van der Waals surface area (Å²) in [4.78, 5) is 17.1. The number of amides is 1. The minimum atomic E-state index is -0.301. The minimum absolute atomic E-state index is 0.301. The van der Waals surface area contributed by atoms with E-state index in [1.807, 2.05) is 49.0 Å². The third kappa shape index (κ3) is 2.08. The first-order valence-electron chi connectivity index (χ1n) is 6.20. The summed E-state index contributed by atoms with van der Waals surface area (Å²) in [5, 5.41) is 4.16. The van der Waals surface area contributed by atoms with Crippen molar-refractivity contribution in [1.82, 2.24) is 14.3 Å². The lowest BCUT2D eigenvalue weighted by Gasteiger charge is -1.94. The molecule has 102 valence electrons. The minimum Gasteiger partial charge on any atom is -0.319 e. The number of hydrogen-bond acceptors (Lipinski definition) is 3. The van der Waals surface area contributed by atoms with Crippen molar-refractivity contribution in [3.05, 3.63) is 46.5 Å². The van der Waals surface area contributed by atoms with Crippen molar-refractivity contribution in [2.75, 3.05) is 0 Å². The van der Waals surface area contributed by atoms with Crippen molar-refractivity contribution >= 4 is 27.5 Å². The van der Waals surface area contributed by atoms with Gasteiger partial charge in [0.2, 0.25) is 0 Å². The van der Waals surface area contributed by atoms with Gasteiger partial charge in [0, 0.05) is 25.9 Å². The molecule has 0 unspecified atom stereocenters. The van der Waals surface area contributed by atoms with E-state index in [2.05, 4.69) is 10.1 Å². The fraction of sp³-hybridized carbons (Fsp3) is 0.214. The number of aryl methyl sites for hydroxylation is 3. The molecule has 3 rings (SSSR count). The molecular weight excluding hydrogens is 272 g/mol. The van der Waals surface area contributed by atoms with Crippen LogP contribution in [-0.2, 0) is 14.1 Å². The van der Waals surface area contributed by atoms with Crippen LogP contribution < -0.4 is 4.80 Å². The summed E-state index contributed by atoms with van der Waals surface area (Å²) in [5.74, 6) is -0.301. The zero-order valence-corrected chi connectivity index (χ0v) is 12.3. The van der Waals surface area contributed by atoms with Crippen molar-refractivity contribution in [2.45, 2.75) is 6.92 Å². The second kappa shape index (κ2) is 4.72. The predicted molar refractivity (Wildman–Crippen MR) is 78.6 cm³/mol. The van der Waals surface area contributed by atoms with E-state index >= 15 is 0 Å². The summed E-state index contributed by atoms with van der Waals surface area (Å²) >= 11 is 1.50. The summed E-state index contributed by atoms with van der Waals surface area (Å²) in [7, 11) is 3.71. The lowest BCUT2D eigenvalue weighted by molar-refractivity contribution is 0.0992. The molecule has 0 aliphatic carbocycles. The molecule has 1 amide bonds. The number of carbonyl (C=O) groups excluding carboxylic acids is 1. The molecular formula is C14H14N4OS. The number of rotatable bonds is 1. The van der Waals surface area contributed by atoms with E-state index in [1.54, 1.807) is 11.7 Å². The molecule has 0 spiro atoms. The lowest BCUT2D eigenvalue weighted by atomic mass is 10.3. The van der Waals surface area contributed by atoms with Gasteiger partial charge in [-0.25, -0.2) is 0 Å². The van der Waals surface area contributed by atoms with Gasteiger partial charge in [0.1, 0.15) is 0 Å². The highest BCUT2D eigenvalue weighted by Crippen LogP contribution is 2.15. The number of nitrogens with zero attached hydrogens (tertiary/aromatic N) is 4. The van der Waals surface area contributed by atoms with Gasteiger partial charge in [-0.3, -0.25) is 9.48 Å². The fourth-order valence-corrected chi connectivity index (χ4v) is 3.16. The van der Waals surface area contributed by atoms with Crippen molar-refractivity contribution in [3.8, 4) is 0 Å². The van der Waals surface area contributed by atoms with E-state index in [0.29, 0.717) is 10.5 Å². The van der Waals surface area contributed by atoms with E-state index < -0.39 is 0 Å². The molecule has 2 aromatic heterocycles. The number of carbonyl (C=O) groups is 1. The van der Waals surface area contributed by atoms with E-state index in [-0.39, 0.29) is 5.91 Å². The van der Waals surface area contributed by atoms with Crippen molar-refractivity contribution in [3.63, 3.8) is 0 Å². The molecule has 3 aromatic rings. The molecule has 0 aliphatic rings. The van der Waals surface area contributed by atoms with E-state index in [1.165, 1.54) is 11.3 Å². The average molecular weight is 286 g/mol. The summed E-state index contributed by atoms with van der Waals surface area (Å²) in [6, 6.07) is 7.99. The average Bonchev–Trinajstić information content (AvgIpc) is 2.91. The van der Waals surface area contributed by atoms with Gasteiger partial charge in [0.25, 0.3) is 5.91 Å². The van der Waals surface area contributed by atoms with E-state index in [0.717, 1.165) is 15.8 Å². The standard InChI is InChI=1S/C14H14N4OS/c1-9-8-17(2)16-12(9)13(19)15-14-18(3)10-6-4-5-7-11(10)20-14/h4-8H,1-3H3. The lowest BCUT2D eigenvalue weighted by Crippen LogP contribution is -2.14. The Hall–Kier alpha value is -2.21. The Kier molecular flexibility index (Phi) is 3.02. The molecule has 5 nitrogen and oxygen atoms in total. The quantitative estimate of drug-likeness (QED) is 0.687. The summed E-state index contributed by atoms with van der Waals surface area (Å²) in [6.45, 7) is 1.86. The molecule has 2 heterocycles. The monoisotopic (exact) mass is 286 g/mol. The summed E-state index contributed by atoms with van der Waals surface area (Å²) in [6.07, 6.45) is 1.81. The van der Waals surface area contributed by atoms with Gasteiger partial charge in [0.05, 0.1) is 10.2 Å². The van der Waals surface area contributed by atoms with Crippen LogP contribution in [0.25, 0.3) is 10.2 Å². The van der Waals surface area contributed by atoms with E-state index in [9.17, 15) is 4.79 Å². The third-order valence-electron chi connectivity index (χ3n) is 3.13. The van der Waals surface area contributed by atoms with Crippen molar-refractivity contribution < 1.29 is 4.79 Å². The van der Waals surface area contributed by atoms with Gasteiger partial charge in [-0.1, -0.05) is 23.5 Å². The van der Waals surface area contributed by atoms with Crippen LogP contribution in [0.2, 0.25) is 0 Å². The first-order valence-corrected chi connectivity index (χ1v) is 7.02. The molecule has 0 bridgehead atoms. The van der Waals surface area contributed by atoms with Crippen molar-refractivity contribution in [1.29, 1.82) is 0 Å². The predicted octanol–water partition coefficient (Wildman–Crippen LogP) is 2.02. The molecule has 0 saturated carbocycles. The molecule has 20 heavy (non-hydrogen) atoms. The molecule has 0 atom stereocenters. The number of hydrogen-bond donors (Lipinski definition) is 0. The number of aromatic nitrogens is 3. The topological polar surface area (TPSA) is 52.2 Å². The molecule has 6 heteroatoms. The van der Waals surface area contributed by atoms with Crippen molar-refractivity contribution in [2.24, 2.45) is 19.1 Å². The first-order chi connectivity index (χ1) is 9.56. The summed E-state index contributed by atoms with van der Waals surface area (Å²) < 4.78 is 4.67. The Bertz CT molecular complexity index is 869. The summed E-state index contributed by atoms with van der Waals surface area (Å²) in [5.41, 5.74) is 2.32. The number of thiazole rings is 1. The Morgan fingerprint density at radius 2 is 2.05 bits per heavy atom. The number of benzene rings is 1. The highest BCUT2D eigenvalue weighted by Gasteiger charge is 2.13. The van der Waals surface area contributed by atoms with Crippen LogP contribution >= 0.6 is 11.3 Å².